The van der Waals surface area contributed by atoms with E-state index in [0.717, 1.165) is 25.8 Å². The molecule has 0 saturated heterocycles. The van der Waals surface area contributed by atoms with Gasteiger partial charge < -0.3 is 0 Å². The molecule has 1 saturated carbocycles. The maximum absolute atomic E-state index is 9.14. The molecule has 0 aromatic carbocycles. The molecule has 88 valence electrons. The van der Waals surface area contributed by atoms with Gasteiger partial charge in [0.15, 0.2) is 0 Å². The summed E-state index contributed by atoms with van der Waals surface area (Å²) in [5.41, 5.74) is 7.80. The van der Waals surface area contributed by atoms with Crippen molar-refractivity contribution in [3.05, 3.63) is 10.4 Å². The predicted octanol–water partition coefficient (Wildman–Crippen LogP) is 2.60. The van der Waals surface area contributed by atoms with E-state index in [1.54, 1.807) is 0 Å². The molecule has 0 amide bonds. The molecule has 0 radical (unpaired) electrons. The van der Waals surface area contributed by atoms with E-state index >= 15 is 0 Å². The summed E-state index contributed by atoms with van der Waals surface area (Å²) >= 11 is 0. The smallest absolute Gasteiger partial charge is 0.107 e. The molecule has 0 atom stereocenters. The average Bonchev–Trinajstić information content (AvgIpc) is 2.20. The van der Waals surface area contributed by atoms with Gasteiger partial charge in [-0.3, -0.25) is 5.32 Å². The lowest BCUT2D eigenvalue weighted by Crippen LogP contribution is -2.55. The summed E-state index contributed by atoms with van der Waals surface area (Å²) in [6, 6.07) is 2.38. The van der Waals surface area contributed by atoms with Crippen molar-refractivity contribution in [1.82, 2.24) is 5.32 Å². The van der Waals surface area contributed by atoms with Crippen LogP contribution in [0.15, 0.2) is 5.11 Å². The molecule has 0 unspecified atom stereocenters. The van der Waals surface area contributed by atoms with Crippen molar-refractivity contribution < 1.29 is 0 Å². The first-order chi connectivity index (χ1) is 7.63. The van der Waals surface area contributed by atoms with Crippen LogP contribution in [-0.2, 0) is 0 Å². The zero-order valence-electron chi connectivity index (χ0n) is 9.98. The molecule has 16 heavy (non-hydrogen) atoms. The van der Waals surface area contributed by atoms with Crippen molar-refractivity contribution in [1.29, 1.82) is 5.26 Å². The average molecular weight is 221 g/mol. The Morgan fingerprint density at radius 3 is 2.81 bits per heavy atom. The standard InChI is InChI=1S/C11H19N5/c1-9(2)10-6-11(7-10,8-12)14-4-3-5-15-16-13/h9-10,14H,3-7H2,1-2H3. The molecule has 0 aromatic heterocycles. The van der Waals surface area contributed by atoms with Gasteiger partial charge in [-0.2, -0.15) is 5.26 Å². The fourth-order valence-electron chi connectivity index (χ4n) is 2.10. The molecule has 0 aliphatic heterocycles. The summed E-state index contributed by atoms with van der Waals surface area (Å²) in [6.07, 6.45) is 2.69. The maximum Gasteiger partial charge on any atom is 0.107 e. The van der Waals surface area contributed by atoms with Crippen molar-refractivity contribution in [3.8, 4) is 6.07 Å². The SMILES string of the molecule is CC(C)C1CC(C#N)(NCCCN=[N+]=[N-])C1. The van der Waals surface area contributed by atoms with E-state index in [9.17, 15) is 0 Å². The first-order valence-corrected chi connectivity index (χ1v) is 5.81. The topological polar surface area (TPSA) is 84.6 Å². The second kappa shape index (κ2) is 5.74. The van der Waals surface area contributed by atoms with Gasteiger partial charge in [0, 0.05) is 11.5 Å². The zero-order chi connectivity index (χ0) is 12.0. The van der Waals surface area contributed by atoms with Gasteiger partial charge in [0.2, 0.25) is 0 Å². The molecular weight excluding hydrogens is 202 g/mol. The van der Waals surface area contributed by atoms with E-state index in [1.165, 1.54) is 0 Å². The Balaban J connectivity index is 2.25. The van der Waals surface area contributed by atoms with Crippen molar-refractivity contribution in [3.63, 3.8) is 0 Å². The number of rotatable bonds is 6. The maximum atomic E-state index is 9.14. The minimum atomic E-state index is -0.314. The van der Waals surface area contributed by atoms with Crippen LogP contribution in [0.3, 0.4) is 0 Å². The number of nitrogens with one attached hydrogen (secondary N) is 1. The quantitative estimate of drug-likeness (QED) is 0.323. The molecule has 5 nitrogen and oxygen atoms in total. The fourth-order valence-corrected chi connectivity index (χ4v) is 2.10. The Bertz CT molecular complexity index is 305. The van der Waals surface area contributed by atoms with Gasteiger partial charge in [-0.05, 0) is 43.2 Å². The lowest BCUT2D eigenvalue weighted by molar-refractivity contribution is 0.116. The predicted molar refractivity (Wildman–Crippen MR) is 62.5 cm³/mol. The van der Waals surface area contributed by atoms with Crippen LogP contribution in [0, 0.1) is 23.2 Å². The Hall–Kier alpha value is -1.24. The van der Waals surface area contributed by atoms with Gasteiger partial charge >= 0.3 is 0 Å². The number of nitriles is 1. The highest BCUT2D eigenvalue weighted by atomic mass is 15.1. The lowest BCUT2D eigenvalue weighted by atomic mass is 9.65. The van der Waals surface area contributed by atoms with Gasteiger partial charge in [0.25, 0.3) is 0 Å². The highest BCUT2D eigenvalue weighted by Crippen LogP contribution is 2.41. The zero-order valence-corrected chi connectivity index (χ0v) is 9.98. The molecule has 1 aliphatic rings. The van der Waals surface area contributed by atoms with Crippen LogP contribution in [0.5, 0.6) is 0 Å². The summed E-state index contributed by atoms with van der Waals surface area (Å²) in [7, 11) is 0. The minimum absolute atomic E-state index is 0.314. The molecule has 1 aliphatic carbocycles. The first kappa shape index (κ1) is 12.8. The Labute approximate surface area is 96.5 Å². The van der Waals surface area contributed by atoms with Crippen molar-refractivity contribution >= 4 is 0 Å². The van der Waals surface area contributed by atoms with E-state index in [2.05, 4.69) is 35.3 Å². The van der Waals surface area contributed by atoms with Gasteiger partial charge in [-0.15, -0.1) is 0 Å². The number of azide groups is 1. The summed E-state index contributed by atoms with van der Waals surface area (Å²) in [5, 5.41) is 15.9. The first-order valence-electron chi connectivity index (χ1n) is 5.81. The van der Waals surface area contributed by atoms with Crippen LogP contribution in [0.1, 0.15) is 33.1 Å². The van der Waals surface area contributed by atoms with Crippen LogP contribution in [0.2, 0.25) is 0 Å². The summed E-state index contributed by atoms with van der Waals surface area (Å²) in [5.74, 6) is 1.33. The molecule has 0 heterocycles. The van der Waals surface area contributed by atoms with Crippen LogP contribution >= 0.6 is 0 Å². The molecule has 0 bridgehead atoms. The van der Waals surface area contributed by atoms with E-state index in [1.807, 2.05) is 0 Å². The second-order valence-electron chi connectivity index (χ2n) is 4.84. The minimum Gasteiger partial charge on any atom is -0.299 e. The lowest BCUT2D eigenvalue weighted by Gasteiger charge is -2.45. The van der Waals surface area contributed by atoms with Gasteiger partial charge in [0.05, 0.1) is 6.07 Å². The molecule has 1 fully saturated rings. The van der Waals surface area contributed by atoms with Crippen LogP contribution < -0.4 is 5.32 Å². The molecule has 1 rings (SSSR count). The highest BCUT2D eigenvalue weighted by molar-refractivity contribution is 5.15. The highest BCUT2D eigenvalue weighted by Gasteiger charge is 2.45. The number of hydrogen-bond donors (Lipinski definition) is 1. The molecule has 5 heteroatoms. The number of hydrogen-bond acceptors (Lipinski definition) is 3. The largest absolute Gasteiger partial charge is 0.299 e. The monoisotopic (exact) mass is 221 g/mol. The van der Waals surface area contributed by atoms with E-state index in [-0.39, 0.29) is 5.54 Å². The van der Waals surface area contributed by atoms with E-state index < -0.39 is 0 Å². The van der Waals surface area contributed by atoms with Crippen LogP contribution in [0.4, 0.5) is 0 Å². The van der Waals surface area contributed by atoms with Gasteiger partial charge in [-0.25, -0.2) is 0 Å². The molecular formula is C11H19N5. The summed E-state index contributed by atoms with van der Waals surface area (Å²) in [6.45, 7) is 5.65. The van der Waals surface area contributed by atoms with Crippen molar-refractivity contribution in [2.75, 3.05) is 13.1 Å². The number of nitrogens with zero attached hydrogens (tertiary/aromatic N) is 4. The fraction of sp³-hybridized carbons (Fsp3) is 0.909. The molecule has 0 spiro atoms. The summed E-state index contributed by atoms with van der Waals surface area (Å²) in [4.78, 5) is 2.69. The van der Waals surface area contributed by atoms with Crippen molar-refractivity contribution in [2.45, 2.75) is 38.6 Å². The Kier molecular flexibility index (Phi) is 4.60. The van der Waals surface area contributed by atoms with E-state index in [0.29, 0.717) is 18.4 Å². The summed E-state index contributed by atoms with van der Waals surface area (Å²) < 4.78 is 0. The van der Waals surface area contributed by atoms with Crippen molar-refractivity contribution in [2.24, 2.45) is 17.0 Å². The Morgan fingerprint density at radius 2 is 2.31 bits per heavy atom. The molecule has 0 aromatic rings. The third-order valence-corrected chi connectivity index (χ3v) is 3.34. The van der Waals surface area contributed by atoms with Crippen LogP contribution in [-0.4, -0.2) is 18.6 Å². The van der Waals surface area contributed by atoms with Gasteiger partial charge in [-0.1, -0.05) is 19.0 Å². The third kappa shape index (κ3) is 3.13. The second-order valence-corrected chi connectivity index (χ2v) is 4.84. The van der Waals surface area contributed by atoms with E-state index in [4.69, 9.17) is 10.8 Å². The van der Waals surface area contributed by atoms with Gasteiger partial charge in [0.1, 0.15) is 5.54 Å². The van der Waals surface area contributed by atoms with Crippen LogP contribution in [0.25, 0.3) is 10.4 Å². The molecule has 1 N–H and O–H groups in total. The third-order valence-electron chi connectivity index (χ3n) is 3.34. The Morgan fingerprint density at radius 1 is 1.62 bits per heavy atom. The normalized spacial score (nSPS) is 28.0.